The number of methoxy groups -OCH3 is 1. The maximum absolute atomic E-state index is 13.3. The van der Waals surface area contributed by atoms with Crippen LogP contribution in [0.1, 0.15) is 15.9 Å². The summed E-state index contributed by atoms with van der Waals surface area (Å²) in [5.41, 5.74) is 1.54. The fourth-order valence-corrected chi connectivity index (χ4v) is 5.09. The predicted molar refractivity (Wildman–Crippen MR) is 133 cm³/mol. The molecule has 9 nitrogen and oxygen atoms in total. The van der Waals surface area contributed by atoms with Crippen LogP contribution < -0.4 is 15.0 Å². The average Bonchev–Trinajstić information content (AvgIpc) is 2.89. The van der Waals surface area contributed by atoms with Crippen molar-refractivity contribution in [3.8, 4) is 5.75 Å². The largest absolute Gasteiger partial charge is 0.495 e. The summed E-state index contributed by atoms with van der Waals surface area (Å²) in [7, 11) is -1.03. The number of amides is 1. The molecule has 1 saturated heterocycles. The van der Waals surface area contributed by atoms with Gasteiger partial charge in [-0.3, -0.25) is 4.79 Å². The van der Waals surface area contributed by atoms with Crippen molar-refractivity contribution >= 4 is 27.4 Å². The van der Waals surface area contributed by atoms with E-state index < -0.39 is 15.9 Å². The van der Waals surface area contributed by atoms with Crippen molar-refractivity contribution in [2.75, 3.05) is 50.7 Å². The summed E-state index contributed by atoms with van der Waals surface area (Å²) in [5.74, 6) is 0.527. The Kier molecular flexibility index (Phi) is 7.64. The Morgan fingerprint density at radius 3 is 2.51 bits per heavy atom. The highest BCUT2D eigenvalue weighted by Crippen LogP contribution is 2.28. The van der Waals surface area contributed by atoms with Crippen molar-refractivity contribution in [2.45, 2.75) is 11.4 Å². The van der Waals surface area contributed by atoms with E-state index in [0.29, 0.717) is 18.9 Å². The van der Waals surface area contributed by atoms with Crippen LogP contribution in [0.3, 0.4) is 0 Å². The third kappa shape index (κ3) is 5.79. The minimum atomic E-state index is -3.93. The van der Waals surface area contributed by atoms with Gasteiger partial charge < -0.3 is 19.7 Å². The Labute approximate surface area is 205 Å². The molecular weight excluding hydrogens is 468 g/mol. The van der Waals surface area contributed by atoms with Gasteiger partial charge in [-0.2, -0.15) is 4.31 Å². The van der Waals surface area contributed by atoms with Crippen molar-refractivity contribution in [1.82, 2.24) is 9.29 Å². The Hall–Kier alpha value is -3.47. The minimum Gasteiger partial charge on any atom is -0.495 e. The zero-order valence-electron chi connectivity index (χ0n) is 19.7. The fraction of sp³-hybridized carbons (Fsp3) is 0.280. The first-order valence-electron chi connectivity index (χ1n) is 11.2. The topological polar surface area (TPSA) is 101 Å². The molecule has 35 heavy (non-hydrogen) atoms. The Bertz CT molecular complexity index is 1260. The number of nitrogens with one attached hydrogen (secondary N) is 1. The van der Waals surface area contributed by atoms with Crippen molar-refractivity contribution in [2.24, 2.45) is 0 Å². The third-order valence-corrected chi connectivity index (χ3v) is 7.53. The first kappa shape index (κ1) is 24.6. The van der Waals surface area contributed by atoms with E-state index in [1.165, 1.54) is 36.7 Å². The molecule has 2 aromatic carbocycles. The molecule has 4 rings (SSSR count). The van der Waals surface area contributed by atoms with Crippen molar-refractivity contribution in [1.29, 1.82) is 0 Å². The highest BCUT2D eigenvalue weighted by molar-refractivity contribution is 7.89. The third-order valence-electron chi connectivity index (χ3n) is 5.70. The number of carbonyl (C=O) groups is 1. The number of pyridine rings is 1. The highest BCUT2D eigenvalue weighted by Gasteiger charge is 2.26. The molecule has 10 heteroatoms. The van der Waals surface area contributed by atoms with Crippen LogP contribution >= 0.6 is 0 Å². The van der Waals surface area contributed by atoms with E-state index in [1.807, 2.05) is 36.4 Å². The lowest BCUT2D eigenvalue weighted by Crippen LogP contribution is -2.36. The first-order chi connectivity index (χ1) is 16.9. The second-order valence-electron chi connectivity index (χ2n) is 8.07. The van der Waals surface area contributed by atoms with Gasteiger partial charge in [-0.1, -0.05) is 30.3 Å². The van der Waals surface area contributed by atoms with Crippen LogP contribution in [0.25, 0.3) is 0 Å². The number of hydrogen-bond acceptors (Lipinski definition) is 7. The van der Waals surface area contributed by atoms with E-state index in [0.717, 1.165) is 24.5 Å². The zero-order valence-corrected chi connectivity index (χ0v) is 20.5. The number of anilines is 2. The van der Waals surface area contributed by atoms with Crippen LogP contribution in [0.5, 0.6) is 5.75 Å². The standard InChI is InChI=1S/C25H28N4O5S/c1-28(18-19-6-4-3-5-7-19)35(31,32)23-16-20(8-10-22(23)33-2)25(30)27-21-9-11-24(26-17-21)29-12-14-34-15-13-29/h3-11,16-17H,12-15,18H2,1-2H3,(H,27,30). The number of benzene rings is 2. The molecule has 0 unspecified atom stereocenters. The van der Waals surface area contributed by atoms with Gasteiger partial charge in [0.25, 0.3) is 5.91 Å². The second kappa shape index (κ2) is 10.9. The molecule has 1 aliphatic heterocycles. The molecule has 0 radical (unpaired) electrons. The van der Waals surface area contributed by atoms with Gasteiger partial charge in [0.15, 0.2) is 0 Å². The molecule has 0 bridgehead atoms. The Morgan fingerprint density at radius 2 is 1.86 bits per heavy atom. The SMILES string of the molecule is COc1ccc(C(=O)Nc2ccc(N3CCOCC3)nc2)cc1S(=O)(=O)N(C)Cc1ccccc1. The number of carbonyl (C=O) groups excluding carboxylic acids is 1. The predicted octanol–water partition coefficient (Wildman–Crippen LogP) is 3.00. The van der Waals surface area contributed by atoms with Gasteiger partial charge in [-0.25, -0.2) is 13.4 Å². The molecule has 3 aromatic rings. The van der Waals surface area contributed by atoms with Gasteiger partial charge in [0.2, 0.25) is 10.0 Å². The molecular formula is C25H28N4O5S. The van der Waals surface area contributed by atoms with Gasteiger partial charge in [0, 0.05) is 32.2 Å². The van der Waals surface area contributed by atoms with E-state index >= 15 is 0 Å². The zero-order chi connectivity index (χ0) is 24.8. The summed E-state index contributed by atoms with van der Waals surface area (Å²) in [4.78, 5) is 19.4. The van der Waals surface area contributed by atoms with Gasteiger partial charge in [-0.15, -0.1) is 0 Å². The van der Waals surface area contributed by atoms with E-state index in [2.05, 4.69) is 15.2 Å². The maximum atomic E-state index is 13.3. The number of aromatic nitrogens is 1. The molecule has 184 valence electrons. The monoisotopic (exact) mass is 496 g/mol. The smallest absolute Gasteiger partial charge is 0.255 e. The summed E-state index contributed by atoms with van der Waals surface area (Å²) < 4.78 is 38.5. The van der Waals surface area contributed by atoms with E-state index in [1.54, 1.807) is 12.3 Å². The molecule has 0 spiro atoms. The fourth-order valence-electron chi connectivity index (χ4n) is 3.76. The van der Waals surface area contributed by atoms with Gasteiger partial charge in [0.1, 0.15) is 16.5 Å². The number of hydrogen-bond donors (Lipinski definition) is 1. The lowest BCUT2D eigenvalue weighted by Gasteiger charge is -2.27. The van der Waals surface area contributed by atoms with Gasteiger partial charge >= 0.3 is 0 Å². The van der Waals surface area contributed by atoms with Crippen molar-refractivity contribution < 1.29 is 22.7 Å². The Morgan fingerprint density at radius 1 is 1.11 bits per heavy atom. The number of morpholine rings is 1. The Balaban J connectivity index is 1.52. The molecule has 1 aliphatic rings. The molecule has 2 heterocycles. The van der Waals surface area contributed by atoms with Crippen LogP contribution in [-0.2, 0) is 21.3 Å². The summed E-state index contributed by atoms with van der Waals surface area (Å²) in [6, 6.07) is 17.2. The number of ether oxygens (including phenoxy) is 2. The highest BCUT2D eigenvalue weighted by atomic mass is 32.2. The van der Waals surface area contributed by atoms with Crippen molar-refractivity contribution in [3.05, 3.63) is 78.0 Å². The number of nitrogens with zero attached hydrogens (tertiary/aromatic N) is 3. The first-order valence-corrected chi connectivity index (χ1v) is 12.6. The average molecular weight is 497 g/mol. The van der Waals surface area contributed by atoms with E-state index in [4.69, 9.17) is 9.47 Å². The number of rotatable bonds is 8. The van der Waals surface area contributed by atoms with Crippen LogP contribution in [0.4, 0.5) is 11.5 Å². The summed E-state index contributed by atoms with van der Waals surface area (Å²) in [6.07, 6.45) is 1.58. The summed E-state index contributed by atoms with van der Waals surface area (Å²) in [5, 5.41) is 2.78. The summed E-state index contributed by atoms with van der Waals surface area (Å²) in [6.45, 7) is 3.03. The van der Waals surface area contributed by atoms with Crippen LogP contribution in [0, 0.1) is 0 Å². The molecule has 1 N–H and O–H groups in total. The molecule has 1 amide bonds. The second-order valence-corrected chi connectivity index (χ2v) is 10.1. The van der Waals surface area contributed by atoms with E-state index in [-0.39, 0.29) is 22.8 Å². The lowest BCUT2D eigenvalue weighted by atomic mass is 10.2. The molecule has 0 atom stereocenters. The van der Waals surface area contributed by atoms with Crippen molar-refractivity contribution in [3.63, 3.8) is 0 Å². The number of sulfonamides is 1. The van der Waals surface area contributed by atoms with E-state index in [9.17, 15) is 13.2 Å². The molecule has 0 aliphatic carbocycles. The molecule has 0 saturated carbocycles. The molecule has 1 aromatic heterocycles. The summed E-state index contributed by atoms with van der Waals surface area (Å²) >= 11 is 0. The van der Waals surface area contributed by atoms with Gasteiger partial charge in [0.05, 0.1) is 32.2 Å². The maximum Gasteiger partial charge on any atom is 0.255 e. The lowest BCUT2D eigenvalue weighted by molar-refractivity contribution is 0.102. The molecule has 1 fully saturated rings. The quantitative estimate of drug-likeness (QED) is 0.512. The van der Waals surface area contributed by atoms with Crippen LogP contribution in [0.15, 0.2) is 71.8 Å². The van der Waals surface area contributed by atoms with Crippen LogP contribution in [0.2, 0.25) is 0 Å². The normalized spacial score (nSPS) is 14.1. The van der Waals surface area contributed by atoms with Crippen LogP contribution in [-0.4, -0.2) is 64.1 Å². The minimum absolute atomic E-state index is 0.0770. The van der Waals surface area contributed by atoms with Gasteiger partial charge in [-0.05, 0) is 35.9 Å².